The number of nitrogens with zero attached hydrogens (tertiary/aromatic N) is 2. The number of amides is 1. The van der Waals surface area contributed by atoms with E-state index in [4.69, 9.17) is 10.5 Å². The van der Waals surface area contributed by atoms with E-state index in [1.807, 2.05) is 24.3 Å². The molecule has 8 heteroatoms. The molecular weight excluding hydrogens is 344 g/mol. The van der Waals surface area contributed by atoms with Crippen molar-refractivity contribution in [2.45, 2.75) is 18.9 Å². The Morgan fingerprint density at radius 2 is 2.29 bits per heavy atom. The topological polar surface area (TPSA) is 89.1 Å². The minimum absolute atomic E-state index is 0.0407. The number of aliphatic imine (C=N–C) groups is 2. The van der Waals surface area contributed by atoms with Crippen LogP contribution in [0, 0.1) is 0 Å². The van der Waals surface area contributed by atoms with Gasteiger partial charge in [0.25, 0.3) is 5.91 Å². The summed E-state index contributed by atoms with van der Waals surface area (Å²) in [6.45, 7) is 2.78. The van der Waals surface area contributed by atoms with E-state index in [1.54, 1.807) is 23.5 Å². The molecule has 2 aliphatic heterocycles. The van der Waals surface area contributed by atoms with E-state index in [2.05, 4.69) is 22.2 Å². The second-order valence-electron chi connectivity index (χ2n) is 5.72. The van der Waals surface area contributed by atoms with Gasteiger partial charge in [0.15, 0.2) is 16.9 Å². The monoisotopic (exact) mass is 364 g/mol. The van der Waals surface area contributed by atoms with Crippen LogP contribution in [0.4, 0.5) is 0 Å². The largest absolute Gasteiger partial charge is 0.484 e. The van der Waals surface area contributed by atoms with Gasteiger partial charge in [0.05, 0.1) is 12.1 Å². The second-order valence-corrected chi connectivity index (χ2v) is 7.92. The van der Waals surface area contributed by atoms with Gasteiger partial charge in [-0.3, -0.25) is 14.8 Å². The van der Waals surface area contributed by atoms with Gasteiger partial charge in [-0.05, 0) is 31.0 Å². The Labute approximate surface area is 149 Å². The van der Waals surface area contributed by atoms with Crippen molar-refractivity contribution >= 4 is 39.8 Å². The molecule has 0 aliphatic carbocycles. The maximum Gasteiger partial charge on any atom is 0.263 e. The average Bonchev–Trinajstić information content (AvgIpc) is 3.06. The SMILES string of the molecule is CC1(c2cccc(OCC(=O)NC3=NCCS3)c2)CCSC(N)=N1. The van der Waals surface area contributed by atoms with E-state index < -0.39 is 0 Å². The van der Waals surface area contributed by atoms with E-state index >= 15 is 0 Å². The molecule has 24 heavy (non-hydrogen) atoms. The van der Waals surface area contributed by atoms with Crippen LogP contribution >= 0.6 is 23.5 Å². The first kappa shape index (κ1) is 17.2. The number of carbonyl (C=O) groups excluding carboxylic acids is 1. The van der Waals surface area contributed by atoms with Crippen molar-refractivity contribution < 1.29 is 9.53 Å². The van der Waals surface area contributed by atoms with Crippen molar-refractivity contribution in [3.05, 3.63) is 29.8 Å². The molecule has 3 rings (SSSR count). The fourth-order valence-corrected chi connectivity index (χ4v) is 4.25. The van der Waals surface area contributed by atoms with Crippen LogP contribution in [0.15, 0.2) is 34.3 Å². The Morgan fingerprint density at radius 1 is 1.42 bits per heavy atom. The lowest BCUT2D eigenvalue weighted by atomic mass is 9.90. The van der Waals surface area contributed by atoms with Crippen molar-refractivity contribution in [2.24, 2.45) is 15.7 Å². The van der Waals surface area contributed by atoms with Gasteiger partial charge in [0.1, 0.15) is 5.75 Å². The Kier molecular flexibility index (Phi) is 5.35. The molecule has 0 radical (unpaired) electrons. The van der Waals surface area contributed by atoms with Gasteiger partial charge in [-0.2, -0.15) is 0 Å². The zero-order valence-corrected chi connectivity index (χ0v) is 15.1. The van der Waals surface area contributed by atoms with Gasteiger partial charge in [-0.25, -0.2) is 0 Å². The summed E-state index contributed by atoms with van der Waals surface area (Å²) in [5.74, 6) is 2.31. The van der Waals surface area contributed by atoms with Gasteiger partial charge in [0.2, 0.25) is 0 Å². The van der Waals surface area contributed by atoms with Crippen LogP contribution in [0.25, 0.3) is 0 Å². The maximum atomic E-state index is 11.9. The molecule has 0 bridgehead atoms. The zero-order valence-electron chi connectivity index (χ0n) is 13.4. The molecule has 0 fully saturated rings. The number of nitrogens with two attached hydrogens (primary N) is 1. The van der Waals surface area contributed by atoms with Crippen LogP contribution < -0.4 is 15.8 Å². The molecule has 0 aromatic heterocycles. The highest BCUT2D eigenvalue weighted by Gasteiger charge is 2.29. The molecule has 0 saturated heterocycles. The lowest BCUT2D eigenvalue weighted by molar-refractivity contribution is -0.121. The number of hydrogen-bond acceptors (Lipinski definition) is 7. The quantitative estimate of drug-likeness (QED) is 0.852. The molecule has 0 spiro atoms. The highest BCUT2D eigenvalue weighted by molar-refractivity contribution is 8.14. The maximum absolute atomic E-state index is 11.9. The summed E-state index contributed by atoms with van der Waals surface area (Å²) in [6, 6.07) is 7.70. The first-order chi connectivity index (χ1) is 11.5. The molecule has 3 N–H and O–H groups in total. The number of hydrogen-bond donors (Lipinski definition) is 2. The van der Waals surface area contributed by atoms with Gasteiger partial charge in [-0.15, -0.1) is 0 Å². The third-order valence-electron chi connectivity index (χ3n) is 3.85. The molecule has 1 aromatic rings. The number of ether oxygens (including phenoxy) is 1. The smallest absolute Gasteiger partial charge is 0.263 e. The van der Waals surface area contributed by atoms with Gasteiger partial charge < -0.3 is 15.8 Å². The summed E-state index contributed by atoms with van der Waals surface area (Å²) < 4.78 is 5.62. The Balaban J connectivity index is 1.63. The minimum atomic E-state index is -0.341. The lowest BCUT2D eigenvalue weighted by Crippen LogP contribution is -2.32. The fraction of sp³-hybridized carbons (Fsp3) is 0.438. The van der Waals surface area contributed by atoms with Crippen LogP contribution in [0.2, 0.25) is 0 Å². The Bertz CT molecular complexity index is 692. The molecule has 1 aromatic carbocycles. The molecule has 2 aliphatic rings. The number of carbonyl (C=O) groups is 1. The molecule has 6 nitrogen and oxygen atoms in total. The number of nitrogens with one attached hydrogen (secondary N) is 1. The molecule has 1 atom stereocenters. The van der Waals surface area contributed by atoms with Crippen molar-refractivity contribution in [1.82, 2.24) is 5.32 Å². The molecule has 1 amide bonds. The first-order valence-electron chi connectivity index (χ1n) is 7.74. The van der Waals surface area contributed by atoms with Gasteiger partial charge >= 0.3 is 0 Å². The summed E-state index contributed by atoms with van der Waals surface area (Å²) in [6.07, 6.45) is 0.916. The van der Waals surface area contributed by atoms with Gasteiger partial charge in [-0.1, -0.05) is 35.7 Å². The summed E-state index contributed by atoms with van der Waals surface area (Å²) in [5.41, 5.74) is 6.58. The normalized spacial score (nSPS) is 23.4. The highest BCUT2D eigenvalue weighted by Crippen LogP contribution is 2.36. The molecule has 2 heterocycles. The standard InChI is InChI=1S/C16H20N4O2S2/c1-16(5-7-23-14(17)20-16)11-3-2-4-12(9-11)22-10-13(21)19-15-18-6-8-24-15/h2-4,9H,5-8,10H2,1H3,(H2,17,20)(H,18,19,21). The minimum Gasteiger partial charge on any atom is -0.484 e. The molecular formula is C16H20N4O2S2. The predicted molar refractivity (Wildman–Crippen MR) is 101 cm³/mol. The Hall–Kier alpha value is -1.67. The second kappa shape index (κ2) is 7.48. The predicted octanol–water partition coefficient (Wildman–Crippen LogP) is 1.95. The van der Waals surface area contributed by atoms with Crippen LogP contribution in [0.3, 0.4) is 0 Å². The van der Waals surface area contributed by atoms with E-state index in [0.717, 1.165) is 30.0 Å². The number of amidine groups is 2. The number of benzene rings is 1. The third-order valence-corrected chi connectivity index (χ3v) is 5.54. The average molecular weight is 364 g/mol. The van der Waals surface area contributed by atoms with Crippen molar-refractivity contribution in [3.8, 4) is 5.75 Å². The summed E-state index contributed by atoms with van der Waals surface area (Å²) in [4.78, 5) is 20.7. The van der Waals surface area contributed by atoms with Crippen LogP contribution in [-0.2, 0) is 10.3 Å². The molecule has 128 valence electrons. The fourth-order valence-electron chi connectivity index (χ4n) is 2.53. The van der Waals surface area contributed by atoms with Crippen LogP contribution in [0.1, 0.15) is 18.9 Å². The van der Waals surface area contributed by atoms with E-state index in [0.29, 0.717) is 16.1 Å². The van der Waals surface area contributed by atoms with Gasteiger partial charge in [0, 0.05) is 11.5 Å². The zero-order chi connectivity index (χ0) is 17.0. The number of thioether (sulfide) groups is 2. The lowest BCUT2D eigenvalue weighted by Gasteiger charge is -2.30. The number of rotatable bonds is 4. The van der Waals surface area contributed by atoms with Crippen molar-refractivity contribution in [2.75, 3.05) is 24.7 Å². The van der Waals surface area contributed by atoms with E-state index in [-0.39, 0.29) is 18.1 Å². The third kappa shape index (κ3) is 4.24. The van der Waals surface area contributed by atoms with Crippen molar-refractivity contribution in [3.63, 3.8) is 0 Å². The van der Waals surface area contributed by atoms with E-state index in [9.17, 15) is 4.79 Å². The van der Waals surface area contributed by atoms with E-state index in [1.165, 1.54) is 0 Å². The summed E-state index contributed by atoms with van der Waals surface area (Å²) >= 11 is 3.13. The molecule has 0 saturated carbocycles. The molecule has 1 unspecified atom stereocenters. The summed E-state index contributed by atoms with van der Waals surface area (Å²) in [5, 5.41) is 4.04. The van der Waals surface area contributed by atoms with Crippen molar-refractivity contribution in [1.29, 1.82) is 0 Å². The van der Waals surface area contributed by atoms with Crippen LogP contribution in [-0.4, -0.2) is 40.9 Å². The Morgan fingerprint density at radius 3 is 3.04 bits per heavy atom. The first-order valence-corrected chi connectivity index (χ1v) is 9.71. The highest BCUT2D eigenvalue weighted by atomic mass is 32.2. The van der Waals surface area contributed by atoms with Crippen LogP contribution in [0.5, 0.6) is 5.75 Å². The summed E-state index contributed by atoms with van der Waals surface area (Å²) in [7, 11) is 0.